The minimum Gasteiger partial charge on any atom is -0.330 e. The van der Waals surface area contributed by atoms with Gasteiger partial charge in [-0.25, -0.2) is 0 Å². The van der Waals surface area contributed by atoms with Gasteiger partial charge in [0, 0.05) is 38.3 Å². The molecule has 3 unspecified atom stereocenters. The molecule has 3 atom stereocenters. The lowest BCUT2D eigenvalue weighted by Gasteiger charge is -2.42. The van der Waals surface area contributed by atoms with Crippen LogP contribution >= 0.6 is 0 Å². The second kappa shape index (κ2) is 6.58. The number of rotatable bonds is 5. The van der Waals surface area contributed by atoms with E-state index in [2.05, 4.69) is 37.5 Å². The van der Waals surface area contributed by atoms with Crippen LogP contribution in [-0.4, -0.2) is 54.6 Å². The van der Waals surface area contributed by atoms with E-state index in [0.717, 1.165) is 12.6 Å². The van der Waals surface area contributed by atoms with E-state index < -0.39 is 0 Å². The molecule has 0 aromatic rings. The van der Waals surface area contributed by atoms with Crippen LogP contribution in [0.2, 0.25) is 0 Å². The van der Waals surface area contributed by atoms with Crippen LogP contribution in [0.25, 0.3) is 0 Å². The summed E-state index contributed by atoms with van der Waals surface area (Å²) in [5, 5.41) is 0. The average molecular weight is 227 g/mol. The fraction of sp³-hybridized carbons (Fsp3) is 1.00. The summed E-state index contributed by atoms with van der Waals surface area (Å²) in [6.07, 6.45) is 1.26. The summed E-state index contributed by atoms with van der Waals surface area (Å²) < 4.78 is 0. The summed E-state index contributed by atoms with van der Waals surface area (Å²) in [4.78, 5) is 5.20. The average Bonchev–Trinajstić information content (AvgIpc) is 2.36. The highest BCUT2D eigenvalue weighted by Crippen LogP contribution is 2.15. The number of piperazine rings is 1. The van der Waals surface area contributed by atoms with Crippen molar-refractivity contribution in [3.63, 3.8) is 0 Å². The Bertz CT molecular complexity index is 188. The summed E-state index contributed by atoms with van der Waals surface area (Å²) in [6.45, 7) is 14.8. The van der Waals surface area contributed by atoms with Gasteiger partial charge < -0.3 is 5.73 Å². The van der Waals surface area contributed by atoms with E-state index in [1.54, 1.807) is 0 Å². The molecule has 0 saturated carbocycles. The molecule has 0 aliphatic carbocycles. The van der Waals surface area contributed by atoms with Crippen molar-refractivity contribution < 1.29 is 0 Å². The Morgan fingerprint density at radius 2 is 1.50 bits per heavy atom. The van der Waals surface area contributed by atoms with Crippen LogP contribution in [-0.2, 0) is 0 Å². The molecule has 3 heteroatoms. The molecule has 0 spiro atoms. The lowest BCUT2D eigenvalue weighted by molar-refractivity contribution is 0.0620. The highest BCUT2D eigenvalue weighted by molar-refractivity contribution is 4.81. The Labute approximate surface area is 101 Å². The van der Waals surface area contributed by atoms with Crippen molar-refractivity contribution in [3.05, 3.63) is 0 Å². The second-order valence-electron chi connectivity index (χ2n) is 5.28. The van der Waals surface area contributed by atoms with Crippen LogP contribution in [0, 0.1) is 5.92 Å². The smallest absolute Gasteiger partial charge is 0.0113 e. The van der Waals surface area contributed by atoms with Crippen LogP contribution in [0.1, 0.15) is 34.1 Å². The van der Waals surface area contributed by atoms with Crippen molar-refractivity contribution >= 4 is 0 Å². The van der Waals surface area contributed by atoms with Gasteiger partial charge in [-0.1, -0.05) is 13.8 Å². The van der Waals surface area contributed by atoms with E-state index in [0.29, 0.717) is 12.0 Å². The fourth-order valence-corrected chi connectivity index (χ4v) is 2.40. The normalized spacial score (nSPS) is 25.3. The monoisotopic (exact) mass is 227 g/mol. The molecule has 0 bridgehead atoms. The van der Waals surface area contributed by atoms with Gasteiger partial charge in [0.25, 0.3) is 0 Å². The third-order valence-electron chi connectivity index (χ3n) is 4.33. The molecular weight excluding hydrogens is 198 g/mol. The van der Waals surface area contributed by atoms with Crippen molar-refractivity contribution in [2.75, 3.05) is 32.7 Å². The molecule has 1 fully saturated rings. The Balaban J connectivity index is 2.36. The fourth-order valence-electron chi connectivity index (χ4n) is 2.40. The van der Waals surface area contributed by atoms with Crippen LogP contribution in [0.4, 0.5) is 0 Å². The number of hydrogen-bond donors (Lipinski definition) is 1. The first-order chi connectivity index (χ1) is 7.60. The number of hydrogen-bond acceptors (Lipinski definition) is 3. The quantitative estimate of drug-likeness (QED) is 0.770. The molecule has 1 aliphatic rings. The van der Waals surface area contributed by atoms with E-state index in [1.165, 1.54) is 32.6 Å². The predicted octanol–water partition coefficient (Wildman–Crippen LogP) is 1.39. The first-order valence-corrected chi connectivity index (χ1v) is 6.78. The number of nitrogens with two attached hydrogens (primary N) is 1. The highest BCUT2D eigenvalue weighted by atomic mass is 15.3. The molecule has 0 aromatic heterocycles. The molecule has 0 radical (unpaired) electrons. The maximum Gasteiger partial charge on any atom is 0.0113 e. The molecule has 1 saturated heterocycles. The minimum atomic E-state index is 0.607. The van der Waals surface area contributed by atoms with Crippen LogP contribution in [0.5, 0.6) is 0 Å². The summed E-state index contributed by atoms with van der Waals surface area (Å²) >= 11 is 0. The first kappa shape index (κ1) is 13.9. The number of nitrogens with zero attached hydrogens (tertiary/aromatic N) is 2. The molecule has 0 amide bonds. The van der Waals surface area contributed by atoms with E-state index >= 15 is 0 Å². The zero-order valence-electron chi connectivity index (χ0n) is 11.4. The van der Waals surface area contributed by atoms with Gasteiger partial charge in [-0.05, 0) is 32.7 Å². The lowest BCUT2D eigenvalue weighted by Crippen LogP contribution is -2.53. The van der Waals surface area contributed by atoms with E-state index in [4.69, 9.17) is 5.73 Å². The van der Waals surface area contributed by atoms with Crippen molar-refractivity contribution in [1.82, 2.24) is 9.80 Å². The molecule has 1 heterocycles. The zero-order valence-corrected chi connectivity index (χ0v) is 11.4. The highest BCUT2D eigenvalue weighted by Gasteiger charge is 2.25. The van der Waals surface area contributed by atoms with E-state index in [9.17, 15) is 0 Å². The first-order valence-electron chi connectivity index (χ1n) is 6.78. The largest absolute Gasteiger partial charge is 0.330 e. The third-order valence-corrected chi connectivity index (χ3v) is 4.33. The Morgan fingerprint density at radius 1 is 1.00 bits per heavy atom. The predicted molar refractivity (Wildman–Crippen MR) is 70.6 cm³/mol. The van der Waals surface area contributed by atoms with Crippen LogP contribution in [0.15, 0.2) is 0 Å². The molecule has 1 rings (SSSR count). The van der Waals surface area contributed by atoms with Crippen LogP contribution < -0.4 is 5.73 Å². The topological polar surface area (TPSA) is 32.5 Å². The van der Waals surface area contributed by atoms with Gasteiger partial charge in [0.05, 0.1) is 0 Å². The molecule has 3 nitrogen and oxygen atoms in total. The molecule has 96 valence electrons. The molecule has 2 N–H and O–H groups in total. The minimum absolute atomic E-state index is 0.607. The Morgan fingerprint density at radius 3 is 1.94 bits per heavy atom. The van der Waals surface area contributed by atoms with E-state index in [-0.39, 0.29) is 0 Å². The maximum absolute atomic E-state index is 5.74. The van der Waals surface area contributed by atoms with Gasteiger partial charge >= 0.3 is 0 Å². The molecule has 0 aromatic carbocycles. The zero-order chi connectivity index (χ0) is 12.1. The van der Waals surface area contributed by atoms with Crippen molar-refractivity contribution in [3.8, 4) is 0 Å². The Kier molecular flexibility index (Phi) is 5.73. The van der Waals surface area contributed by atoms with E-state index in [1.807, 2.05) is 0 Å². The van der Waals surface area contributed by atoms with Gasteiger partial charge in [-0.3, -0.25) is 9.80 Å². The van der Waals surface area contributed by atoms with Crippen LogP contribution in [0.3, 0.4) is 0 Å². The summed E-state index contributed by atoms with van der Waals surface area (Å²) in [7, 11) is 0. The Hall–Kier alpha value is -0.120. The SMILES string of the molecule is CCC(C)N1CCN(C(C)C(C)CN)CC1. The van der Waals surface area contributed by atoms with Gasteiger partial charge in [-0.15, -0.1) is 0 Å². The van der Waals surface area contributed by atoms with Gasteiger partial charge in [0.1, 0.15) is 0 Å². The van der Waals surface area contributed by atoms with Crippen molar-refractivity contribution in [2.45, 2.75) is 46.2 Å². The standard InChI is InChI=1S/C13H29N3/c1-5-12(3)15-6-8-16(9-7-15)13(4)11(2)10-14/h11-13H,5-10,14H2,1-4H3. The van der Waals surface area contributed by atoms with Gasteiger partial charge in [0.15, 0.2) is 0 Å². The molecule has 16 heavy (non-hydrogen) atoms. The third kappa shape index (κ3) is 3.44. The van der Waals surface area contributed by atoms with Crippen molar-refractivity contribution in [2.24, 2.45) is 11.7 Å². The molecular formula is C13H29N3. The van der Waals surface area contributed by atoms with Crippen molar-refractivity contribution in [1.29, 1.82) is 0 Å². The summed E-state index contributed by atoms with van der Waals surface area (Å²) in [5.74, 6) is 0.607. The summed E-state index contributed by atoms with van der Waals surface area (Å²) in [5.41, 5.74) is 5.74. The van der Waals surface area contributed by atoms with Gasteiger partial charge in [-0.2, -0.15) is 0 Å². The van der Waals surface area contributed by atoms with Gasteiger partial charge in [0.2, 0.25) is 0 Å². The molecule has 1 aliphatic heterocycles. The summed E-state index contributed by atoms with van der Waals surface area (Å²) in [6, 6.07) is 1.37. The maximum atomic E-state index is 5.74. The lowest BCUT2D eigenvalue weighted by atomic mass is 10.0. The second-order valence-corrected chi connectivity index (χ2v) is 5.28.